The molecule has 0 fully saturated rings. The topological polar surface area (TPSA) is 76.8 Å². The summed E-state index contributed by atoms with van der Waals surface area (Å²) >= 11 is 0. The van der Waals surface area contributed by atoms with Gasteiger partial charge < -0.3 is 10.3 Å². The van der Waals surface area contributed by atoms with Crippen LogP contribution in [-0.4, -0.2) is 32.5 Å². The highest BCUT2D eigenvalue weighted by molar-refractivity contribution is 5.94. The number of hydrogen-bond donors (Lipinski definition) is 3. The van der Waals surface area contributed by atoms with Crippen LogP contribution in [0.25, 0.3) is 10.9 Å². The average Bonchev–Trinajstić information content (AvgIpc) is 3.37. The van der Waals surface area contributed by atoms with Gasteiger partial charge in [0.2, 0.25) is 0 Å². The second-order valence-electron chi connectivity index (χ2n) is 7.52. The van der Waals surface area contributed by atoms with E-state index >= 15 is 0 Å². The fourth-order valence-electron chi connectivity index (χ4n) is 4.04. The van der Waals surface area contributed by atoms with E-state index in [4.69, 9.17) is 0 Å². The largest absolute Gasteiger partial charge is 0.361 e. The van der Waals surface area contributed by atoms with Crippen molar-refractivity contribution in [1.29, 1.82) is 0 Å². The van der Waals surface area contributed by atoms with Crippen molar-refractivity contribution in [3.8, 4) is 0 Å². The maximum atomic E-state index is 12.7. The summed E-state index contributed by atoms with van der Waals surface area (Å²) < 4.78 is 0. The summed E-state index contributed by atoms with van der Waals surface area (Å²) in [6.07, 6.45) is 2.96. The number of amides is 1. The van der Waals surface area contributed by atoms with Crippen LogP contribution in [0.1, 0.15) is 32.9 Å². The van der Waals surface area contributed by atoms with Gasteiger partial charge in [0.15, 0.2) is 5.69 Å². The average molecular weight is 385 g/mol. The first-order valence-corrected chi connectivity index (χ1v) is 9.93. The molecule has 1 aliphatic heterocycles. The van der Waals surface area contributed by atoms with E-state index in [9.17, 15) is 4.79 Å². The normalized spacial score (nSPS) is 14.1. The number of aromatic nitrogens is 3. The summed E-state index contributed by atoms with van der Waals surface area (Å²) in [5, 5.41) is 11.6. The molecule has 2 aromatic heterocycles. The van der Waals surface area contributed by atoms with Gasteiger partial charge in [0, 0.05) is 61.0 Å². The summed E-state index contributed by atoms with van der Waals surface area (Å²) in [6.45, 7) is 3.01. The highest BCUT2D eigenvalue weighted by atomic mass is 16.1. The minimum atomic E-state index is -0.125. The first kappa shape index (κ1) is 17.7. The van der Waals surface area contributed by atoms with Crippen LogP contribution in [0.3, 0.4) is 0 Å². The highest BCUT2D eigenvalue weighted by Gasteiger charge is 2.25. The first-order chi connectivity index (χ1) is 14.3. The Balaban J connectivity index is 1.30. The quantitative estimate of drug-likeness (QED) is 0.493. The number of carbonyl (C=O) groups excluding carboxylic acids is 1. The number of hydrogen-bond acceptors (Lipinski definition) is 3. The highest BCUT2D eigenvalue weighted by Crippen LogP contribution is 2.25. The molecule has 0 atom stereocenters. The monoisotopic (exact) mass is 385 g/mol. The number of para-hydroxylation sites is 1. The molecule has 0 spiro atoms. The SMILES string of the molecule is O=C(NCc1ccccc1)c1n[nH]c2c1CN(Cc1c[nH]c3ccccc13)CC2. The molecule has 0 bridgehead atoms. The Morgan fingerprint density at radius 3 is 2.83 bits per heavy atom. The van der Waals surface area contributed by atoms with E-state index in [2.05, 4.69) is 49.8 Å². The molecule has 6 heteroatoms. The zero-order chi connectivity index (χ0) is 19.6. The summed E-state index contributed by atoms with van der Waals surface area (Å²) in [4.78, 5) is 18.5. The predicted molar refractivity (Wildman–Crippen MR) is 112 cm³/mol. The molecule has 4 aromatic rings. The lowest BCUT2D eigenvalue weighted by atomic mass is 10.0. The second kappa shape index (κ2) is 7.56. The number of carbonyl (C=O) groups is 1. The van der Waals surface area contributed by atoms with E-state index in [1.807, 2.05) is 36.4 Å². The van der Waals surface area contributed by atoms with Gasteiger partial charge in [0.1, 0.15) is 0 Å². The number of aromatic amines is 2. The zero-order valence-corrected chi connectivity index (χ0v) is 16.1. The van der Waals surface area contributed by atoms with Gasteiger partial charge in [0.25, 0.3) is 5.91 Å². The van der Waals surface area contributed by atoms with Gasteiger partial charge in [-0.05, 0) is 17.2 Å². The van der Waals surface area contributed by atoms with Crippen molar-refractivity contribution in [3.05, 3.63) is 88.9 Å². The van der Waals surface area contributed by atoms with Gasteiger partial charge in [0.05, 0.1) is 0 Å². The lowest BCUT2D eigenvalue weighted by molar-refractivity contribution is 0.0943. The van der Waals surface area contributed by atoms with Crippen LogP contribution < -0.4 is 5.32 Å². The minimum Gasteiger partial charge on any atom is -0.361 e. The Hall–Kier alpha value is -3.38. The fourth-order valence-corrected chi connectivity index (χ4v) is 4.04. The molecule has 29 heavy (non-hydrogen) atoms. The number of benzene rings is 2. The van der Waals surface area contributed by atoms with Gasteiger partial charge in [-0.15, -0.1) is 0 Å². The van der Waals surface area contributed by atoms with Gasteiger partial charge in [-0.25, -0.2) is 0 Å². The molecule has 146 valence electrons. The summed E-state index contributed by atoms with van der Waals surface area (Å²) in [7, 11) is 0. The van der Waals surface area contributed by atoms with Crippen molar-refractivity contribution >= 4 is 16.8 Å². The zero-order valence-electron chi connectivity index (χ0n) is 16.1. The Labute approximate surface area is 168 Å². The molecular formula is C23H23N5O. The first-order valence-electron chi connectivity index (χ1n) is 9.93. The molecule has 0 aliphatic carbocycles. The molecule has 0 saturated carbocycles. The summed E-state index contributed by atoms with van der Waals surface area (Å²) in [5.74, 6) is -0.125. The van der Waals surface area contributed by atoms with Crippen molar-refractivity contribution in [1.82, 2.24) is 25.4 Å². The van der Waals surface area contributed by atoms with E-state index in [1.54, 1.807) is 0 Å². The lowest BCUT2D eigenvalue weighted by Crippen LogP contribution is -2.32. The van der Waals surface area contributed by atoms with Crippen molar-refractivity contribution in [2.24, 2.45) is 0 Å². The third kappa shape index (κ3) is 3.54. The number of fused-ring (bicyclic) bond motifs is 2. The molecule has 0 saturated heterocycles. The Bertz CT molecular complexity index is 1140. The van der Waals surface area contributed by atoms with Crippen LogP contribution in [-0.2, 0) is 26.1 Å². The smallest absolute Gasteiger partial charge is 0.272 e. The Morgan fingerprint density at radius 1 is 1.10 bits per heavy atom. The minimum absolute atomic E-state index is 0.125. The predicted octanol–water partition coefficient (Wildman–Crippen LogP) is 3.38. The van der Waals surface area contributed by atoms with E-state index in [0.29, 0.717) is 12.2 Å². The second-order valence-corrected chi connectivity index (χ2v) is 7.52. The maximum Gasteiger partial charge on any atom is 0.272 e. The standard InChI is InChI=1S/C23H23N5O/c29-23(25-12-16-6-2-1-3-7-16)22-19-15-28(11-10-21(19)26-27-22)14-17-13-24-20-9-5-4-8-18(17)20/h1-9,13,24H,10-12,14-15H2,(H,25,29)(H,26,27). The molecule has 0 unspecified atom stereocenters. The van der Waals surface area contributed by atoms with Crippen molar-refractivity contribution in [3.63, 3.8) is 0 Å². The van der Waals surface area contributed by atoms with Crippen LogP contribution >= 0.6 is 0 Å². The third-order valence-corrected chi connectivity index (χ3v) is 5.59. The molecule has 6 nitrogen and oxygen atoms in total. The maximum absolute atomic E-state index is 12.7. The molecule has 3 heterocycles. The molecule has 3 N–H and O–H groups in total. The van der Waals surface area contributed by atoms with E-state index in [1.165, 1.54) is 10.9 Å². The summed E-state index contributed by atoms with van der Waals surface area (Å²) in [6, 6.07) is 18.3. The number of H-pyrrole nitrogens is 2. The van der Waals surface area contributed by atoms with Crippen LogP contribution in [0.5, 0.6) is 0 Å². The molecule has 5 rings (SSSR count). The molecular weight excluding hydrogens is 362 g/mol. The van der Waals surface area contributed by atoms with Gasteiger partial charge in [-0.1, -0.05) is 48.5 Å². The van der Waals surface area contributed by atoms with Crippen LogP contribution in [0, 0.1) is 0 Å². The fraction of sp³-hybridized carbons (Fsp3) is 0.217. The van der Waals surface area contributed by atoms with Gasteiger partial charge in [-0.2, -0.15) is 5.10 Å². The molecule has 0 radical (unpaired) electrons. The molecule has 1 amide bonds. The summed E-state index contributed by atoms with van der Waals surface area (Å²) in [5.41, 5.74) is 6.12. The number of rotatable bonds is 5. The van der Waals surface area contributed by atoms with Crippen LogP contribution in [0.4, 0.5) is 0 Å². The van der Waals surface area contributed by atoms with Crippen molar-refractivity contribution in [2.45, 2.75) is 26.1 Å². The number of nitrogens with zero attached hydrogens (tertiary/aromatic N) is 2. The molecule has 1 aliphatic rings. The Morgan fingerprint density at radius 2 is 1.93 bits per heavy atom. The number of nitrogens with one attached hydrogen (secondary N) is 3. The Kier molecular flexibility index (Phi) is 4.62. The van der Waals surface area contributed by atoms with E-state index in [0.717, 1.165) is 48.4 Å². The van der Waals surface area contributed by atoms with E-state index in [-0.39, 0.29) is 5.91 Å². The lowest BCUT2D eigenvalue weighted by Gasteiger charge is -2.26. The van der Waals surface area contributed by atoms with Crippen LogP contribution in [0.2, 0.25) is 0 Å². The molecule has 2 aromatic carbocycles. The van der Waals surface area contributed by atoms with E-state index < -0.39 is 0 Å². The van der Waals surface area contributed by atoms with Gasteiger partial charge >= 0.3 is 0 Å². The van der Waals surface area contributed by atoms with Crippen molar-refractivity contribution in [2.75, 3.05) is 6.54 Å². The third-order valence-electron chi connectivity index (χ3n) is 5.59. The van der Waals surface area contributed by atoms with Crippen molar-refractivity contribution < 1.29 is 4.79 Å². The van der Waals surface area contributed by atoms with Crippen LogP contribution in [0.15, 0.2) is 60.8 Å². The van der Waals surface area contributed by atoms with Gasteiger partial charge in [-0.3, -0.25) is 14.8 Å².